The van der Waals surface area contributed by atoms with E-state index in [-0.39, 0.29) is 5.91 Å². The second kappa shape index (κ2) is 7.80. The lowest BCUT2D eigenvalue weighted by Crippen LogP contribution is -2.36. The molecule has 1 aromatic carbocycles. The molecule has 2 rings (SSSR count). The van der Waals surface area contributed by atoms with Crippen LogP contribution in [-0.2, 0) is 11.3 Å². The topological polar surface area (TPSA) is 44.4 Å². The molecule has 0 radical (unpaired) electrons. The Morgan fingerprint density at radius 2 is 2.19 bits per heavy atom. The fraction of sp³-hybridized carbons (Fsp3) is 0.562. The summed E-state index contributed by atoms with van der Waals surface area (Å²) in [4.78, 5) is 13.8. The van der Waals surface area contributed by atoms with Gasteiger partial charge in [0.25, 0.3) is 0 Å². The zero-order valence-electron chi connectivity index (χ0n) is 12.8. The predicted molar refractivity (Wildman–Crippen MR) is 90.6 cm³/mol. The first-order valence-corrected chi connectivity index (χ1v) is 8.39. The van der Waals surface area contributed by atoms with E-state index in [1.165, 1.54) is 5.56 Å². The van der Waals surface area contributed by atoms with E-state index < -0.39 is 0 Å². The lowest BCUT2D eigenvalue weighted by Gasteiger charge is -2.20. The van der Waals surface area contributed by atoms with Crippen molar-refractivity contribution in [3.05, 3.63) is 28.2 Å². The SMILES string of the molecule is CCCNCc1ccc(N(C)CC(=O)NC2CC2)cc1Br. The highest BCUT2D eigenvalue weighted by Gasteiger charge is 2.23. The third-order valence-corrected chi connectivity index (χ3v) is 4.28. The van der Waals surface area contributed by atoms with Crippen LogP contribution >= 0.6 is 15.9 Å². The van der Waals surface area contributed by atoms with E-state index in [1.807, 2.05) is 11.9 Å². The Morgan fingerprint density at radius 1 is 1.43 bits per heavy atom. The summed E-state index contributed by atoms with van der Waals surface area (Å²) in [5, 5.41) is 6.41. The van der Waals surface area contributed by atoms with Crippen molar-refractivity contribution in [1.29, 1.82) is 0 Å². The van der Waals surface area contributed by atoms with Crippen molar-refractivity contribution >= 4 is 27.5 Å². The molecule has 0 aliphatic heterocycles. The Kier molecular flexibility index (Phi) is 6.06. The number of carbonyl (C=O) groups excluding carboxylic acids is 1. The van der Waals surface area contributed by atoms with E-state index in [0.29, 0.717) is 12.6 Å². The molecule has 0 spiro atoms. The van der Waals surface area contributed by atoms with E-state index >= 15 is 0 Å². The average molecular weight is 354 g/mol. The van der Waals surface area contributed by atoms with Crippen LogP contribution in [0.1, 0.15) is 31.7 Å². The highest BCUT2D eigenvalue weighted by atomic mass is 79.9. The van der Waals surface area contributed by atoms with Crippen LogP contribution in [0, 0.1) is 0 Å². The zero-order chi connectivity index (χ0) is 15.2. The van der Waals surface area contributed by atoms with Gasteiger partial charge in [0, 0.05) is 29.8 Å². The Balaban J connectivity index is 1.89. The van der Waals surface area contributed by atoms with Crippen molar-refractivity contribution in [2.24, 2.45) is 0 Å². The maximum atomic E-state index is 11.8. The number of rotatable bonds is 8. The standard InChI is InChI=1S/C16H24BrN3O/c1-3-8-18-10-12-4-7-14(9-15(12)17)20(2)11-16(21)19-13-5-6-13/h4,7,9,13,18H,3,5-6,8,10-11H2,1-2H3,(H,19,21). The van der Waals surface area contributed by atoms with Crippen molar-refractivity contribution < 1.29 is 4.79 Å². The fourth-order valence-electron chi connectivity index (χ4n) is 2.12. The molecule has 116 valence electrons. The van der Waals surface area contributed by atoms with Gasteiger partial charge in [-0.05, 0) is 43.5 Å². The monoisotopic (exact) mass is 353 g/mol. The maximum Gasteiger partial charge on any atom is 0.239 e. The summed E-state index contributed by atoms with van der Waals surface area (Å²) in [5.74, 6) is 0.102. The third-order valence-electron chi connectivity index (χ3n) is 3.54. The van der Waals surface area contributed by atoms with Crippen molar-refractivity contribution in [1.82, 2.24) is 10.6 Å². The molecule has 1 fully saturated rings. The molecular weight excluding hydrogens is 330 g/mol. The van der Waals surface area contributed by atoms with Gasteiger partial charge >= 0.3 is 0 Å². The highest BCUT2D eigenvalue weighted by Crippen LogP contribution is 2.24. The number of halogens is 1. The van der Waals surface area contributed by atoms with Crippen molar-refractivity contribution in [3.8, 4) is 0 Å². The molecule has 0 atom stereocenters. The van der Waals surface area contributed by atoms with Crippen LogP contribution < -0.4 is 15.5 Å². The van der Waals surface area contributed by atoms with Crippen LogP contribution in [0.4, 0.5) is 5.69 Å². The number of hydrogen-bond donors (Lipinski definition) is 2. The highest BCUT2D eigenvalue weighted by molar-refractivity contribution is 9.10. The number of nitrogens with zero attached hydrogens (tertiary/aromatic N) is 1. The van der Waals surface area contributed by atoms with Gasteiger partial charge in [-0.25, -0.2) is 0 Å². The Morgan fingerprint density at radius 3 is 2.81 bits per heavy atom. The molecule has 21 heavy (non-hydrogen) atoms. The Hall–Kier alpha value is -1.07. The largest absolute Gasteiger partial charge is 0.365 e. The first-order chi connectivity index (χ1) is 10.1. The number of nitrogens with one attached hydrogen (secondary N) is 2. The van der Waals surface area contributed by atoms with Crippen molar-refractivity contribution in [3.63, 3.8) is 0 Å². The van der Waals surface area contributed by atoms with Gasteiger partial charge in [0.1, 0.15) is 0 Å². The van der Waals surface area contributed by atoms with Gasteiger partial charge in [0.2, 0.25) is 5.91 Å². The summed E-state index contributed by atoms with van der Waals surface area (Å²) >= 11 is 3.62. The molecule has 1 amide bonds. The molecule has 1 aliphatic carbocycles. The van der Waals surface area contributed by atoms with Crippen molar-refractivity contribution in [2.75, 3.05) is 25.0 Å². The van der Waals surface area contributed by atoms with Crippen molar-refractivity contribution in [2.45, 2.75) is 38.8 Å². The normalized spacial score (nSPS) is 14.0. The second-order valence-electron chi connectivity index (χ2n) is 5.65. The molecule has 0 aromatic heterocycles. The van der Waals surface area contributed by atoms with Crippen LogP contribution in [0.25, 0.3) is 0 Å². The number of hydrogen-bond acceptors (Lipinski definition) is 3. The number of anilines is 1. The van der Waals surface area contributed by atoms with E-state index in [1.54, 1.807) is 0 Å². The molecule has 1 aliphatic rings. The predicted octanol–water partition coefficient (Wildman–Crippen LogP) is 2.66. The number of likely N-dealkylation sites (N-methyl/N-ethyl adjacent to an activating group) is 1. The third kappa shape index (κ3) is 5.32. The first-order valence-electron chi connectivity index (χ1n) is 7.59. The van der Waals surface area contributed by atoms with Gasteiger partial charge < -0.3 is 15.5 Å². The molecule has 0 unspecified atom stereocenters. The summed E-state index contributed by atoms with van der Waals surface area (Å²) in [7, 11) is 1.95. The smallest absolute Gasteiger partial charge is 0.239 e. The molecule has 1 saturated carbocycles. The van der Waals surface area contributed by atoms with Crippen LogP contribution in [0.5, 0.6) is 0 Å². The lowest BCUT2D eigenvalue weighted by molar-refractivity contribution is -0.119. The van der Waals surface area contributed by atoms with E-state index in [9.17, 15) is 4.79 Å². The summed E-state index contributed by atoms with van der Waals surface area (Å²) in [6.07, 6.45) is 3.38. The maximum absolute atomic E-state index is 11.8. The van der Waals surface area contributed by atoms with Gasteiger partial charge in [0.05, 0.1) is 6.54 Å². The summed E-state index contributed by atoms with van der Waals surface area (Å²) in [6, 6.07) is 6.67. The van der Waals surface area contributed by atoms with E-state index in [0.717, 1.165) is 42.5 Å². The minimum Gasteiger partial charge on any atom is -0.365 e. The fourth-order valence-corrected chi connectivity index (χ4v) is 2.63. The lowest BCUT2D eigenvalue weighted by atomic mass is 10.2. The summed E-state index contributed by atoms with van der Waals surface area (Å²) in [5.41, 5.74) is 2.29. The van der Waals surface area contributed by atoms with Crippen LogP contribution in [0.3, 0.4) is 0 Å². The van der Waals surface area contributed by atoms with Crippen LogP contribution in [0.2, 0.25) is 0 Å². The minimum absolute atomic E-state index is 0.102. The van der Waals surface area contributed by atoms with Crippen LogP contribution in [0.15, 0.2) is 22.7 Å². The quantitative estimate of drug-likeness (QED) is 0.706. The van der Waals surface area contributed by atoms with Gasteiger partial charge in [-0.2, -0.15) is 0 Å². The summed E-state index contributed by atoms with van der Waals surface area (Å²) < 4.78 is 1.08. The number of amides is 1. The number of carbonyl (C=O) groups is 1. The average Bonchev–Trinajstić information content (AvgIpc) is 3.24. The molecule has 0 heterocycles. The van der Waals surface area contributed by atoms with Gasteiger partial charge in [-0.1, -0.05) is 28.9 Å². The molecule has 1 aromatic rings. The zero-order valence-corrected chi connectivity index (χ0v) is 14.4. The molecule has 0 bridgehead atoms. The molecule has 0 saturated heterocycles. The molecule has 4 nitrogen and oxygen atoms in total. The first kappa shape index (κ1) is 16.3. The number of benzene rings is 1. The minimum atomic E-state index is 0.102. The molecular formula is C16H24BrN3O. The Bertz CT molecular complexity index is 488. The second-order valence-corrected chi connectivity index (χ2v) is 6.50. The van der Waals surface area contributed by atoms with E-state index in [4.69, 9.17) is 0 Å². The van der Waals surface area contributed by atoms with Crippen LogP contribution in [-0.4, -0.2) is 32.1 Å². The van der Waals surface area contributed by atoms with Gasteiger partial charge in [-0.15, -0.1) is 0 Å². The van der Waals surface area contributed by atoms with E-state index in [2.05, 4.69) is 51.7 Å². The molecule has 5 heteroatoms. The molecule has 2 N–H and O–H groups in total. The van der Waals surface area contributed by atoms with Gasteiger partial charge in [-0.3, -0.25) is 4.79 Å². The Labute approximate surface area is 135 Å². The van der Waals surface area contributed by atoms with Gasteiger partial charge in [0.15, 0.2) is 0 Å². The summed E-state index contributed by atoms with van der Waals surface area (Å²) in [6.45, 7) is 4.44.